The zero-order chi connectivity index (χ0) is 20.5. The van der Waals surface area contributed by atoms with E-state index < -0.39 is 0 Å². The highest BCUT2D eigenvalue weighted by atomic mass is 16.5. The highest BCUT2D eigenvalue weighted by Gasteiger charge is 2.33. The molecule has 0 bridgehead atoms. The standard InChI is InChI=1S/C22H23N3O4/c1-13-5-7-14(8-6-13)25-22-17(12-23-25)15(10-21(26)24-22)16-9-19(28-3)20(29-4)11-18(16)27-2/h5-9,11-12,15H,10H2,1-4H3,(H,24,26). The predicted octanol–water partition coefficient (Wildman–Crippen LogP) is 3.68. The molecule has 2 heterocycles. The second kappa shape index (κ2) is 7.50. The van der Waals surface area contributed by atoms with E-state index in [1.54, 1.807) is 38.3 Å². The summed E-state index contributed by atoms with van der Waals surface area (Å²) in [6, 6.07) is 11.6. The molecule has 1 aliphatic rings. The van der Waals surface area contributed by atoms with Crippen LogP contribution >= 0.6 is 0 Å². The molecular weight excluding hydrogens is 370 g/mol. The lowest BCUT2D eigenvalue weighted by Gasteiger charge is -2.26. The molecule has 0 saturated heterocycles. The van der Waals surface area contributed by atoms with Crippen LogP contribution in [0, 0.1) is 6.92 Å². The normalized spacial score (nSPS) is 15.4. The number of nitrogens with zero attached hydrogens (tertiary/aromatic N) is 2. The van der Waals surface area contributed by atoms with Gasteiger partial charge in [0, 0.05) is 29.5 Å². The molecule has 1 N–H and O–H groups in total. The third kappa shape index (κ3) is 3.29. The minimum absolute atomic E-state index is 0.0757. The van der Waals surface area contributed by atoms with Crippen molar-refractivity contribution in [1.29, 1.82) is 0 Å². The average Bonchev–Trinajstić information content (AvgIpc) is 3.16. The molecule has 3 aromatic rings. The van der Waals surface area contributed by atoms with Crippen LogP contribution in [0.3, 0.4) is 0 Å². The van der Waals surface area contributed by atoms with Crippen LogP contribution in [0.25, 0.3) is 5.69 Å². The number of aromatic nitrogens is 2. The fourth-order valence-corrected chi connectivity index (χ4v) is 3.70. The zero-order valence-corrected chi connectivity index (χ0v) is 16.9. The Morgan fingerprint density at radius 1 is 0.966 bits per heavy atom. The molecule has 0 radical (unpaired) electrons. The summed E-state index contributed by atoms with van der Waals surface area (Å²) in [5, 5.41) is 7.52. The molecule has 0 saturated carbocycles. The van der Waals surface area contributed by atoms with Gasteiger partial charge >= 0.3 is 0 Å². The summed E-state index contributed by atoms with van der Waals surface area (Å²) < 4.78 is 18.2. The van der Waals surface area contributed by atoms with Crippen LogP contribution in [0.5, 0.6) is 17.2 Å². The van der Waals surface area contributed by atoms with Gasteiger partial charge in [-0.05, 0) is 25.1 Å². The van der Waals surface area contributed by atoms with Crippen LogP contribution in [0.4, 0.5) is 5.82 Å². The quantitative estimate of drug-likeness (QED) is 0.716. The maximum Gasteiger partial charge on any atom is 0.226 e. The van der Waals surface area contributed by atoms with Crippen molar-refractivity contribution in [2.75, 3.05) is 26.6 Å². The number of hydrogen-bond donors (Lipinski definition) is 1. The molecule has 1 atom stereocenters. The minimum Gasteiger partial charge on any atom is -0.496 e. The number of benzene rings is 2. The molecule has 1 amide bonds. The number of hydrogen-bond acceptors (Lipinski definition) is 5. The van der Waals surface area contributed by atoms with Crippen LogP contribution < -0.4 is 19.5 Å². The highest BCUT2D eigenvalue weighted by molar-refractivity contribution is 5.95. The average molecular weight is 393 g/mol. The Bertz CT molecular complexity index is 1060. The summed E-state index contributed by atoms with van der Waals surface area (Å²) in [6.07, 6.45) is 2.09. The molecule has 150 valence electrons. The fraction of sp³-hybridized carbons (Fsp3) is 0.273. The molecule has 0 fully saturated rings. The third-order valence-corrected chi connectivity index (χ3v) is 5.21. The summed E-state index contributed by atoms with van der Waals surface area (Å²) in [7, 11) is 4.77. The van der Waals surface area contributed by atoms with Crippen molar-refractivity contribution in [2.45, 2.75) is 19.3 Å². The van der Waals surface area contributed by atoms with Crippen LogP contribution in [0.15, 0.2) is 42.6 Å². The number of anilines is 1. The first kappa shape index (κ1) is 18.9. The zero-order valence-electron chi connectivity index (χ0n) is 16.9. The highest BCUT2D eigenvalue weighted by Crippen LogP contribution is 2.45. The van der Waals surface area contributed by atoms with Gasteiger partial charge in [-0.25, -0.2) is 4.68 Å². The number of carbonyl (C=O) groups is 1. The SMILES string of the molecule is COc1cc(OC)c(C2CC(=O)Nc3c2cnn3-c2ccc(C)cc2)cc1OC. The van der Waals surface area contributed by atoms with Crippen molar-refractivity contribution in [3.05, 3.63) is 59.3 Å². The lowest BCUT2D eigenvalue weighted by atomic mass is 9.86. The van der Waals surface area contributed by atoms with Gasteiger partial charge in [0.2, 0.25) is 5.91 Å². The van der Waals surface area contributed by atoms with Crippen molar-refractivity contribution in [2.24, 2.45) is 0 Å². The summed E-state index contributed by atoms with van der Waals surface area (Å²) in [6.45, 7) is 2.03. The molecule has 1 aromatic heterocycles. The number of rotatable bonds is 5. The van der Waals surface area contributed by atoms with Crippen molar-refractivity contribution < 1.29 is 19.0 Å². The smallest absolute Gasteiger partial charge is 0.226 e. The maximum absolute atomic E-state index is 12.6. The second-order valence-electron chi connectivity index (χ2n) is 6.95. The van der Waals surface area contributed by atoms with E-state index in [1.165, 1.54) is 0 Å². The second-order valence-corrected chi connectivity index (χ2v) is 6.95. The van der Waals surface area contributed by atoms with E-state index >= 15 is 0 Å². The van der Waals surface area contributed by atoms with Gasteiger partial charge in [0.1, 0.15) is 11.6 Å². The van der Waals surface area contributed by atoms with E-state index in [1.807, 2.05) is 37.3 Å². The van der Waals surface area contributed by atoms with E-state index in [0.29, 0.717) is 29.5 Å². The van der Waals surface area contributed by atoms with Gasteiger partial charge in [0.25, 0.3) is 0 Å². The van der Waals surface area contributed by atoms with Gasteiger partial charge in [0.05, 0.1) is 33.2 Å². The minimum atomic E-state index is -0.215. The van der Waals surface area contributed by atoms with E-state index in [-0.39, 0.29) is 11.8 Å². The number of aryl methyl sites for hydroxylation is 1. The molecule has 0 spiro atoms. The lowest BCUT2D eigenvalue weighted by molar-refractivity contribution is -0.116. The Balaban J connectivity index is 1.84. The molecule has 0 aliphatic carbocycles. The topological polar surface area (TPSA) is 74.6 Å². The number of amides is 1. The first-order valence-electron chi connectivity index (χ1n) is 9.30. The van der Waals surface area contributed by atoms with Crippen LogP contribution in [-0.4, -0.2) is 37.0 Å². The summed E-state index contributed by atoms with van der Waals surface area (Å²) >= 11 is 0. The monoisotopic (exact) mass is 393 g/mol. The Morgan fingerprint density at radius 2 is 1.62 bits per heavy atom. The number of ether oxygens (including phenoxy) is 3. The number of nitrogens with one attached hydrogen (secondary N) is 1. The van der Waals surface area contributed by atoms with Crippen molar-refractivity contribution in [3.63, 3.8) is 0 Å². The van der Waals surface area contributed by atoms with Crippen molar-refractivity contribution in [1.82, 2.24) is 9.78 Å². The van der Waals surface area contributed by atoms with E-state index in [2.05, 4.69) is 10.4 Å². The first-order chi connectivity index (χ1) is 14.0. The Hall–Kier alpha value is -3.48. The molecule has 4 rings (SSSR count). The molecule has 2 aromatic carbocycles. The van der Waals surface area contributed by atoms with Crippen LogP contribution in [0.2, 0.25) is 0 Å². The number of carbonyl (C=O) groups excluding carboxylic acids is 1. The van der Waals surface area contributed by atoms with Gasteiger partial charge in [-0.15, -0.1) is 0 Å². The van der Waals surface area contributed by atoms with Crippen LogP contribution in [-0.2, 0) is 4.79 Å². The van der Waals surface area contributed by atoms with Gasteiger partial charge in [-0.2, -0.15) is 5.10 Å². The van der Waals surface area contributed by atoms with Crippen molar-refractivity contribution in [3.8, 4) is 22.9 Å². The Kier molecular flexibility index (Phi) is 4.88. The number of fused-ring (bicyclic) bond motifs is 1. The molecule has 1 unspecified atom stereocenters. The number of methoxy groups -OCH3 is 3. The summed E-state index contributed by atoms with van der Waals surface area (Å²) in [4.78, 5) is 12.6. The summed E-state index contributed by atoms with van der Waals surface area (Å²) in [5.74, 6) is 2.18. The molecule has 1 aliphatic heterocycles. The third-order valence-electron chi connectivity index (χ3n) is 5.21. The van der Waals surface area contributed by atoms with E-state index in [9.17, 15) is 4.79 Å². The van der Waals surface area contributed by atoms with Gasteiger partial charge < -0.3 is 19.5 Å². The fourth-order valence-electron chi connectivity index (χ4n) is 3.70. The Morgan fingerprint density at radius 3 is 2.28 bits per heavy atom. The van der Waals surface area contributed by atoms with Gasteiger partial charge in [-0.3, -0.25) is 4.79 Å². The Labute approximate surface area is 169 Å². The van der Waals surface area contributed by atoms with Gasteiger partial charge in [-0.1, -0.05) is 17.7 Å². The molecule has 7 nitrogen and oxygen atoms in total. The molecular formula is C22H23N3O4. The first-order valence-corrected chi connectivity index (χ1v) is 9.30. The van der Waals surface area contributed by atoms with E-state index in [0.717, 1.165) is 22.4 Å². The summed E-state index contributed by atoms with van der Waals surface area (Å²) in [5.41, 5.74) is 3.82. The van der Waals surface area contributed by atoms with E-state index in [4.69, 9.17) is 14.2 Å². The van der Waals surface area contributed by atoms with Crippen LogP contribution in [0.1, 0.15) is 29.0 Å². The molecule has 29 heavy (non-hydrogen) atoms. The van der Waals surface area contributed by atoms with Crippen molar-refractivity contribution >= 4 is 11.7 Å². The largest absolute Gasteiger partial charge is 0.496 e. The van der Waals surface area contributed by atoms with Gasteiger partial charge in [0.15, 0.2) is 11.5 Å². The lowest BCUT2D eigenvalue weighted by Crippen LogP contribution is -2.25. The molecule has 7 heteroatoms. The maximum atomic E-state index is 12.6. The predicted molar refractivity (Wildman–Crippen MR) is 109 cm³/mol.